The number of rotatable bonds is 5. The highest BCUT2D eigenvalue weighted by Crippen LogP contribution is 2.35. The molecule has 0 amide bonds. The third-order valence-electron chi connectivity index (χ3n) is 5.00. The van der Waals surface area contributed by atoms with Gasteiger partial charge in [-0.05, 0) is 63.0 Å². The van der Waals surface area contributed by atoms with Crippen molar-refractivity contribution in [2.75, 3.05) is 6.54 Å². The standard InChI is InChI=1S/C17H31N3/c1-6-18-17-8-7-14(12(2)3)10-15(17)11-16-9-13(4)19-20(16)5/h9,12,14-15,17-18H,6-8,10-11H2,1-5H3. The summed E-state index contributed by atoms with van der Waals surface area (Å²) >= 11 is 0. The zero-order valence-electron chi connectivity index (χ0n) is 13.8. The second kappa shape index (κ2) is 6.75. The van der Waals surface area contributed by atoms with E-state index in [0.29, 0.717) is 6.04 Å². The van der Waals surface area contributed by atoms with Crippen molar-refractivity contribution in [2.45, 2.75) is 59.4 Å². The van der Waals surface area contributed by atoms with Crippen molar-refractivity contribution < 1.29 is 0 Å². The third-order valence-corrected chi connectivity index (χ3v) is 5.00. The number of aryl methyl sites for hydroxylation is 2. The summed E-state index contributed by atoms with van der Waals surface area (Å²) in [6, 6.07) is 2.94. The summed E-state index contributed by atoms with van der Waals surface area (Å²) in [6.45, 7) is 10.1. The van der Waals surface area contributed by atoms with E-state index in [1.807, 2.05) is 0 Å². The van der Waals surface area contributed by atoms with Gasteiger partial charge in [0, 0.05) is 18.8 Å². The maximum atomic E-state index is 4.50. The average Bonchev–Trinajstić information content (AvgIpc) is 2.70. The molecule has 1 N–H and O–H groups in total. The smallest absolute Gasteiger partial charge is 0.0596 e. The van der Waals surface area contributed by atoms with Crippen molar-refractivity contribution >= 4 is 0 Å². The lowest BCUT2D eigenvalue weighted by molar-refractivity contribution is 0.167. The number of aromatic nitrogens is 2. The number of nitrogens with zero attached hydrogens (tertiary/aromatic N) is 2. The molecule has 1 heterocycles. The first-order chi connectivity index (χ1) is 9.51. The van der Waals surface area contributed by atoms with E-state index in [-0.39, 0.29) is 0 Å². The van der Waals surface area contributed by atoms with Gasteiger partial charge in [0.1, 0.15) is 0 Å². The molecule has 1 aliphatic carbocycles. The Morgan fingerprint density at radius 1 is 1.40 bits per heavy atom. The molecule has 0 aliphatic heterocycles. The lowest BCUT2D eigenvalue weighted by Gasteiger charge is -2.38. The minimum atomic E-state index is 0.685. The molecule has 3 unspecified atom stereocenters. The van der Waals surface area contributed by atoms with Gasteiger partial charge in [0.15, 0.2) is 0 Å². The summed E-state index contributed by atoms with van der Waals surface area (Å²) in [5.41, 5.74) is 2.53. The fourth-order valence-electron chi connectivity index (χ4n) is 3.79. The monoisotopic (exact) mass is 277 g/mol. The molecule has 0 radical (unpaired) electrons. The highest BCUT2D eigenvalue weighted by Gasteiger charge is 2.31. The van der Waals surface area contributed by atoms with Gasteiger partial charge in [-0.25, -0.2) is 0 Å². The topological polar surface area (TPSA) is 29.9 Å². The van der Waals surface area contributed by atoms with E-state index in [1.165, 1.54) is 25.0 Å². The zero-order valence-corrected chi connectivity index (χ0v) is 13.8. The number of hydrogen-bond donors (Lipinski definition) is 1. The molecule has 1 aliphatic rings. The maximum absolute atomic E-state index is 4.50. The molecule has 0 bridgehead atoms. The number of nitrogens with one attached hydrogen (secondary N) is 1. The summed E-state index contributed by atoms with van der Waals surface area (Å²) in [4.78, 5) is 0. The summed E-state index contributed by atoms with van der Waals surface area (Å²) in [6.07, 6.45) is 5.24. The van der Waals surface area contributed by atoms with Gasteiger partial charge < -0.3 is 5.32 Å². The SMILES string of the molecule is CCNC1CCC(C(C)C)CC1Cc1cc(C)nn1C. The van der Waals surface area contributed by atoms with Crippen LogP contribution in [0.4, 0.5) is 0 Å². The molecule has 0 saturated heterocycles. The van der Waals surface area contributed by atoms with Gasteiger partial charge in [-0.15, -0.1) is 0 Å². The normalized spacial score (nSPS) is 27.2. The first-order valence-corrected chi connectivity index (χ1v) is 8.24. The van der Waals surface area contributed by atoms with Gasteiger partial charge in [-0.2, -0.15) is 5.10 Å². The Labute approximate surface area is 124 Å². The van der Waals surface area contributed by atoms with E-state index in [4.69, 9.17) is 0 Å². The van der Waals surface area contributed by atoms with Crippen molar-refractivity contribution in [2.24, 2.45) is 24.8 Å². The van der Waals surface area contributed by atoms with Crippen molar-refractivity contribution in [1.29, 1.82) is 0 Å². The summed E-state index contributed by atoms with van der Waals surface area (Å²) in [5, 5.41) is 8.21. The van der Waals surface area contributed by atoms with Crippen LogP contribution in [0, 0.1) is 24.7 Å². The highest BCUT2D eigenvalue weighted by molar-refractivity contribution is 5.10. The van der Waals surface area contributed by atoms with E-state index in [2.05, 4.69) is 55.9 Å². The largest absolute Gasteiger partial charge is 0.314 e. The Kier molecular flexibility index (Phi) is 5.25. The van der Waals surface area contributed by atoms with Gasteiger partial charge in [0.25, 0.3) is 0 Å². The van der Waals surface area contributed by atoms with Crippen LogP contribution < -0.4 is 5.32 Å². The Morgan fingerprint density at radius 2 is 2.15 bits per heavy atom. The fourth-order valence-corrected chi connectivity index (χ4v) is 3.79. The predicted molar refractivity (Wildman–Crippen MR) is 84.8 cm³/mol. The van der Waals surface area contributed by atoms with Crippen LogP contribution in [0.15, 0.2) is 6.07 Å². The molecule has 0 spiro atoms. The summed E-state index contributed by atoms with van der Waals surface area (Å²) in [7, 11) is 2.08. The fraction of sp³-hybridized carbons (Fsp3) is 0.824. The molecule has 1 aromatic heterocycles. The second-order valence-corrected chi connectivity index (χ2v) is 6.85. The first kappa shape index (κ1) is 15.6. The molecule has 3 nitrogen and oxygen atoms in total. The molecular weight excluding hydrogens is 246 g/mol. The summed E-state index contributed by atoms with van der Waals surface area (Å²) in [5.74, 6) is 2.46. The molecule has 1 fully saturated rings. The molecule has 20 heavy (non-hydrogen) atoms. The van der Waals surface area contributed by atoms with Gasteiger partial charge >= 0.3 is 0 Å². The van der Waals surface area contributed by atoms with Crippen LogP contribution in [-0.4, -0.2) is 22.4 Å². The van der Waals surface area contributed by atoms with E-state index >= 15 is 0 Å². The minimum absolute atomic E-state index is 0.685. The molecule has 3 atom stereocenters. The van der Waals surface area contributed by atoms with Crippen molar-refractivity contribution in [3.63, 3.8) is 0 Å². The molecule has 0 aromatic carbocycles. The highest BCUT2D eigenvalue weighted by atomic mass is 15.3. The Hall–Kier alpha value is -0.830. The maximum Gasteiger partial charge on any atom is 0.0596 e. The Bertz CT molecular complexity index is 422. The molecule has 1 aromatic rings. The Morgan fingerprint density at radius 3 is 2.70 bits per heavy atom. The van der Waals surface area contributed by atoms with E-state index in [9.17, 15) is 0 Å². The van der Waals surface area contributed by atoms with Crippen molar-refractivity contribution in [3.05, 3.63) is 17.5 Å². The van der Waals surface area contributed by atoms with E-state index < -0.39 is 0 Å². The minimum Gasteiger partial charge on any atom is -0.314 e. The molecule has 3 heteroatoms. The molecular formula is C17H31N3. The van der Waals surface area contributed by atoms with Gasteiger partial charge in [-0.1, -0.05) is 20.8 Å². The Balaban J connectivity index is 2.08. The van der Waals surface area contributed by atoms with Gasteiger partial charge in [0.05, 0.1) is 5.69 Å². The van der Waals surface area contributed by atoms with Crippen LogP contribution in [0.2, 0.25) is 0 Å². The quantitative estimate of drug-likeness (QED) is 0.895. The van der Waals surface area contributed by atoms with Crippen LogP contribution >= 0.6 is 0 Å². The number of hydrogen-bond acceptors (Lipinski definition) is 2. The van der Waals surface area contributed by atoms with Crippen molar-refractivity contribution in [1.82, 2.24) is 15.1 Å². The van der Waals surface area contributed by atoms with Crippen LogP contribution in [-0.2, 0) is 13.5 Å². The molecule has 2 rings (SSSR count). The lowest BCUT2D eigenvalue weighted by atomic mass is 9.72. The van der Waals surface area contributed by atoms with Crippen LogP contribution in [0.25, 0.3) is 0 Å². The third kappa shape index (κ3) is 3.63. The van der Waals surface area contributed by atoms with Gasteiger partial charge in [-0.3, -0.25) is 4.68 Å². The van der Waals surface area contributed by atoms with E-state index in [1.54, 1.807) is 0 Å². The molecule has 114 valence electrons. The predicted octanol–water partition coefficient (Wildman–Crippen LogP) is 3.32. The lowest BCUT2D eigenvalue weighted by Crippen LogP contribution is -2.42. The first-order valence-electron chi connectivity index (χ1n) is 8.24. The van der Waals surface area contributed by atoms with Crippen molar-refractivity contribution in [3.8, 4) is 0 Å². The summed E-state index contributed by atoms with van der Waals surface area (Å²) < 4.78 is 2.07. The van der Waals surface area contributed by atoms with E-state index in [0.717, 1.165) is 36.4 Å². The van der Waals surface area contributed by atoms with Crippen LogP contribution in [0.3, 0.4) is 0 Å². The zero-order chi connectivity index (χ0) is 14.7. The van der Waals surface area contributed by atoms with Gasteiger partial charge in [0.2, 0.25) is 0 Å². The molecule has 1 saturated carbocycles. The average molecular weight is 277 g/mol. The second-order valence-electron chi connectivity index (χ2n) is 6.85. The van der Waals surface area contributed by atoms with Crippen LogP contribution in [0.5, 0.6) is 0 Å². The van der Waals surface area contributed by atoms with Crippen LogP contribution in [0.1, 0.15) is 51.4 Å².